The van der Waals surface area contributed by atoms with E-state index in [1.807, 2.05) is 0 Å². The first-order valence-electron chi connectivity index (χ1n) is 8.27. The lowest BCUT2D eigenvalue weighted by Gasteiger charge is -2.36. The zero-order valence-electron chi connectivity index (χ0n) is 13.5. The smallest absolute Gasteiger partial charge is 0.142 e. The number of hydrogen-bond acceptors (Lipinski definition) is 3. The zero-order chi connectivity index (χ0) is 15.1. The highest BCUT2D eigenvalue weighted by molar-refractivity contribution is 5.57. The molecule has 1 aliphatic carbocycles. The Morgan fingerprint density at radius 1 is 1.24 bits per heavy atom. The average molecular weight is 291 g/mol. The highest BCUT2D eigenvalue weighted by Gasteiger charge is 2.31. The molecule has 0 amide bonds. The molecular weight excluding hydrogens is 262 g/mol. The van der Waals surface area contributed by atoms with Gasteiger partial charge in [-0.15, -0.1) is 0 Å². The van der Waals surface area contributed by atoms with E-state index in [2.05, 4.69) is 37.4 Å². The lowest BCUT2D eigenvalue weighted by atomic mass is 9.74. The van der Waals surface area contributed by atoms with Crippen LogP contribution in [0.25, 0.3) is 0 Å². The predicted octanol–water partition coefficient (Wildman–Crippen LogP) is 4.14. The van der Waals surface area contributed by atoms with E-state index in [0.717, 1.165) is 43.9 Å². The van der Waals surface area contributed by atoms with Crippen LogP contribution in [0.2, 0.25) is 0 Å². The van der Waals surface area contributed by atoms with Crippen molar-refractivity contribution in [3.8, 4) is 5.75 Å². The van der Waals surface area contributed by atoms with Crippen LogP contribution < -0.4 is 10.1 Å². The molecule has 0 saturated heterocycles. The zero-order valence-corrected chi connectivity index (χ0v) is 13.5. The Bertz CT molecular complexity index is 439. The lowest BCUT2D eigenvalue weighted by molar-refractivity contribution is 0.0943. The summed E-state index contributed by atoms with van der Waals surface area (Å²) in [6, 6.07) is 6.28. The van der Waals surface area contributed by atoms with Gasteiger partial charge in [0.2, 0.25) is 0 Å². The van der Waals surface area contributed by atoms with Crippen LogP contribution in [0, 0.1) is 12.3 Å². The third kappa shape index (κ3) is 4.37. The van der Waals surface area contributed by atoms with Gasteiger partial charge in [0.05, 0.1) is 18.9 Å². The number of aliphatic hydroxyl groups is 1. The fourth-order valence-corrected chi connectivity index (χ4v) is 3.08. The Kier molecular flexibility index (Phi) is 5.92. The number of aliphatic hydroxyl groups excluding tert-OH is 1. The normalized spacial score (nSPS) is 17.5. The lowest BCUT2D eigenvalue weighted by Crippen LogP contribution is -2.35. The molecule has 0 bridgehead atoms. The number of anilines is 1. The van der Waals surface area contributed by atoms with Crippen molar-refractivity contribution in [2.45, 2.75) is 52.4 Å². The molecule has 1 aromatic rings. The van der Waals surface area contributed by atoms with Gasteiger partial charge >= 0.3 is 0 Å². The first kappa shape index (κ1) is 16.2. The van der Waals surface area contributed by atoms with Crippen molar-refractivity contribution >= 4 is 5.69 Å². The monoisotopic (exact) mass is 291 g/mol. The SMILES string of the molecule is CCCOc1cc(C)ccc1NCC1(CO)CCCCC1. The van der Waals surface area contributed by atoms with Crippen molar-refractivity contribution in [3.05, 3.63) is 23.8 Å². The molecule has 0 aromatic heterocycles. The van der Waals surface area contributed by atoms with Crippen LogP contribution in [-0.4, -0.2) is 24.9 Å². The Morgan fingerprint density at radius 2 is 2.00 bits per heavy atom. The fourth-order valence-electron chi connectivity index (χ4n) is 3.08. The molecular formula is C18H29NO2. The number of nitrogens with one attached hydrogen (secondary N) is 1. The molecule has 0 radical (unpaired) electrons. The number of ether oxygens (including phenoxy) is 1. The highest BCUT2D eigenvalue weighted by Crippen LogP contribution is 2.37. The van der Waals surface area contributed by atoms with Gasteiger partial charge in [-0.2, -0.15) is 0 Å². The van der Waals surface area contributed by atoms with Gasteiger partial charge in [-0.3, -0.25) is 0 Å². The van der Waals surface area contributed by atoms with Gasteiger partial charge in [-0.1, -0.05) is 32.3 Å². The minimum Gasteiger partial charge on any atom is -0.491 e. The molecule has 1 aliphatic rings. The van der Waals surface area contributed by atoms with Crippen LogP contribution in [0.3, 0.4) is 0 Å². The summed E-state index contributed by atoms with van der Waals surface area (Å²) < 4.78 is 5.85. The van der Waals surface area contributed by atoms with E-state index >= 15 is 0 Å². The van der Waals surface area contributed by atoms with E-state index in [0.29, 0.717) is 0 Å². The topological polar surface area (TPSA) is 41.5 Å². The van der Waals surface area contributed by atoms with Gasteiger partial charge < -0.3 is 15.2 Å². The van der Waals surface area contributed by atoms with E-state index in [9.17, 15) is 5.11 Å². The van der Waals surface area contributed by atoms with Crippen molar-refractivity contribution in [2.24, 2.45) is 5.41 Å². The molecule has 2 N–H and O–H groups in total. The number of hydrogen-bond donors (Lipinski definition) is 2. The van der Waals surface area contributed by atoms with E-state index in [1.165, 1.54) is 24.8 Å². The molecule has 0 aliphatic heterocycles. The predicted molar refractivity (Wildman–Crippen MR) is 88.1 cm³/mol. The molecule has 1 saturated carbocycles. The summed E-state index contributed by atoms with van der Waals surface area (Å²) in [5, 5.41) is 13.3. The quantitative estimate of drug-likeness (QED) is 0.793. The molecule has 0 heterocycles. The Hall–Kier alpha value is -1.22. The second kappa shape index (κ2) is 7.69. The van der Waals surface area contributed by atoms with Gasteiger partial charge in [-0.05, 0) is 43.9 Å². The fraction of sp³-hybridized carbons (Fsp3) is 0.667. The summed E-state index contributed by atoms with van der Waals surface area (Å²) in [5.74, 6) is 0.931. The number of aryl methyl sites for hydroxylation is 1. The van der Waals surface area contributed by atoms with E-state index < -0.39 is 0 Å². The highest BCUT2D eigenvalue weighted by atomic mass is 16.5. The number of rotatable bonds is 7. The molecule has 3 nitrogen and oxygen atoms in total. The minimum absolute atomic E-state index is 0.0468. The molecule has 3 heteroatoms. The molecule has 0 spiro atoms. The molecule has 1 fully saturated rings. The van der Waals surface area contributed by atoms with E-state index in [1.54, 1.807) is 0 Å². The average Bonchev–Trinajstić information content (AvgIpc) is 2.53. The molecule has 2 rings (SSSR count). The molecule has 21 heavy (non-hydrogen) atoms. The van der Waals surface area contributed by atoms with Crippen LogP contribution in [0.5, 0.6) is 5.75 Å². The Morgan fingerprint density at radius 3 is 2.67 bits per heavy atom. The van der Waals surface area contributed by atoms with E-state index in [4.69, 9.17) is 4.74 Å². The molecule has 0 unspecified atom stereocenters. The maximum absolute atomic E-state index is 9.80. The minimum atomic E-state index is 0.0468. The van der Waals surface area contributed by atoms with Crippen LogP contribution in [-0.2, 0) is 0 Å². The second-order valence-corrected chi connectivity index (χ2v) is 6.42. The standard InChI is InChI=1S/C18H29NO2/c1-3-11-21-17-12-15(2)7-8-16(17)19-13-18(14-20)9-5-4-6-10-18/h7-8,12,19-20H,3-6,9-11,13-14H2,1-2H3. The summed E-state index contributed by atoms with van der Waals surface area (Å²) in [7, 11) is 0. The largest absolute Gasteiger partial charge is 0.491 e. The Labute approximate surface area is 128 Å². The third-order valence-corrected chi connectivity index (χ3v) is 4.50. The van der Waals surface area contributed by atoms with Gasteiger partial charge in [-0.25, -0.2) is 0 Å². The Balaban J connectivity index is 2.04. The van der Waals surface area contributed by atoms with Gasteiger partial charge in [0.25, 0.3) is 0 Å². The van der Waals surface area contributed by atoms with Gasteiger partial charge in [0.15, 0.2) is 0 Å². The number of benzene rings is 1. The van der Waals surface area contributed by atoms with Crippen LogP contribution in [0.4, 0.5) is 5.69 Å². The summed E-state index contributed by atoms with van der Waals surface area (Å²) >= 11 is 0. The maximum atomic E-state index is 9.80. The summed E-state index contributed by atoms with van der Waals surface area (Å²) in [6.07, 6.45) is 7.01. The second-order valence-electron chi connectivity index (χ2n) is 6.42. The van der Waals surface area contributed by atoms with Crippen molar-refractivity contribution in [1.29, 1.82) is 0 Å². The van der Waals surface area contributed by atoms with Crippen molar-refractivity contribution in [1.82, 2.24) is 0 Å². The molecule has 1 aromatic carbocycles. The van der Waals surface area contributed by atoms with Crippen LogP contribution in [0.15, 0.2) is 18.2 Å². The first-order valence-corrected chi connectivity index (χ1v) is 8.27. The van der Waals surface area contributed by atoms with Gasteiger partial charge in [0.1, 0.15) is 5.75 Å². The van der Waals surface area contributed by atoms with Crippen LogP contribution in [0.1, 0.15) is 51.0 Å². The molecule has 118 valence electrons. The van der Waals surface area contributed by atoms with Crippen molar-refractivity contribution in [2.75, 3.05) is 25.1 Å². The van der Waals surface area contributed by atoms with Crippen molar-refractivity contribution < 1.29 is 9.84 Å². The van der Waals surface area contributed by atoms with Crippen molar-refractivity contribution in [3.63, 3.8) is 0 Å². The first-order chi connectivity index (χ1) is 10.2. The third-order valence-electron chi connectivity index (χ3n) is 4.50. The summed E-state index contributed by atoms with van der Waals surface area (Å²) in [5.41, 5.74) is 2.30. The summed E-state index contributed by atoms with van der Waals surface area (Å²) in [6.45, 7) is 6.04. The van der Waals surface area contributed by atoms with Gasteiger partial charge in [0, 0.05) is 12.0 Å². The molecule has 0 atom stereocenters. The van der Waals surface area contributed by atoms with E-state index in [-0.39, 0.29) is 12.0 Å². The van der Waals surface area contributed by atoms with Crippen LogP contribution >= 0.6 is 0 Å². The summed E-state index contributed by atoms with van der Waals surface area (Å²) in [4.78, 5) is 0. The maximum Gasteiger partial charge on any atom is 0.142 e.